The summed E-state index contributed by atoms with van der Waals surface area (Å²) in [5.74, 6) is -1.11. The lowest BCUT2D eigenvalue weighted by Crippen LogP contribution is -2.44. The topological polar surface area (TPSA) is 88.8 Å². The standard InChI is InChI=1S/C22H20F9N5O3/c1-11-4-13(5-12(2)18(11)36(10-37)8-17(38)32-9-20(23,24)25)14-7-19(39-34-14,22(29,30)31)16-6-15(21(26,27)28)33-35(16)3/h4-6,10H,7-9H2,1-3H3,(H,32,38). The van der Waals surface area contributed by atoms with Gasteiger partial charge in [-0.25, -0.2) is 0 Å². The molecule has 2 aromatic rings. The molecule has 1 atom stereocenters. The molecule has 39 heavy (non-hydrogen) atoms. The largest absolute Gasteiger partial charge is 0.437 e. The summed E-state index contributed by atoms with van der Waals surface area (Å²) in [6, 6.07) is 2.83. The average molecular weight is 573 g/mol. The fraction of sp³-hybridized carbons (Fsp3) is 0.455. The van der Waals surface area contributed by atoms with Crippen LogP contribution in [-0.4, -0.2) is 53.3 Å². The Morgan fingerprint density at radius 1 is 1.10 bits per heavy atom. The Hall–Kier alpha value is -3.79. The summed E-state index contributed by atoms with van der Waals surface area (Å²) in [6.07, 6.45) is -15.7. The number of aromatic nitrogens is 2. The van der Waals surface area contributed by atoms with Crippen LogP contribution in [0.5, 0.6) is 0 Å². The predicted octanol–water partition coefficient (Wildman–Crippen LogP) is 4.28. The van der Waals surface area contributed by atoms with Gasteiger partial charge in [0.2, 0.25) is 12.3 Å². The number of benzene rings is 1. The molecule has 1 N–H and O–H groups in total. The Morgan fingerprint density at radius 3 is 2.15 bits per heavy atom. The molecule has 0 fully saturated rings. The molecule has 8 nitrogen and oxygen atoms in total. The van der Waals surface area contributed by atoms with E-state index >= 15 is 0 Å². The Morgan fingerprint density at radius 2 is 1.69 bits per heavy atom. The van der Waals surface area contributed by atoms with Gasteiger partial charge in [-0.3, -0.25) is 14.3 Å². The van der Waals surface area contributed by atoms with Crippen LogP contribution in [-0.2, 0) is 33.3 Å². The maximum atomic E-state index is 14.2. The van der Waals surface area contributed by atoms with Crippen molar-refractivity contribution in [3.05, 3.63) is 46.3 Å². The molecule has 2 amide bonds. The summed E-state index contributed by atoms with van der Waals surface area (Å²) in [5, 5.41) is 8.26. The zero-order valence-corrected chi connectivity index (χ0v) is 20.3. The number of amides is 2. The number of carbonyl (C=O) groups is 2. The van der Waals surface area contributed by atoms with E-state index < -0.39 is 60.9 Å². The SMILES string of the molecule is Cc1cc(C2=NOC(c3cc(C(F)(F)F)nn3C)(C(F)(F)F)C2)cc(C)c1N(C=O)CC(=O)NCC(F)(F)F. The maximum absolute atomic E-state index is 14.2. The highest BCUT2D eigenvalue weighted by molar-refractivity contribution is 6.03. The highest BCUT2D eigenvalue weighted by Crippen LogP contribution is 2.49. The third-order valence-corrected chi connectivity index (χ3v) is 5.81. The van der Waals surface area contributed by atoms with Crippen molar-refractivity contribution in [1.82, 2.24) is 15.1 Å². The molecule has 1 aliphatic heterocycles. The molecule has 0 saturated carbocycles. The highest BCUT2D eigenvalue weighted by atomic mass is 19.4. The Bertz CT molecular complexity index is 1270. The van der Waals surface area contributed by atoms with Gasteiger partial charge in [0.15, 0.2) is 5.69 Å². The Labute approximate surface area is 214 Å². The minimum atomic E-state index is -5.21. The van der Waals surface area contributed by atoms with Crippen LogP contribution in [0.4, 0.5) is 45.2 Å². The number of rotatable bonds is 7. The van der Waals surface area contributed by atoms with E-state index in [1.54, 1.807) is 5.32 Å². The molecule has 3 rings (SSSR count). The molecular formula is C22H20F9N5O3. The van der Waals surface area contributed by atoms with Crippen LogP contribution in [0.25, 0.3) is 0 Å². The first kappa shape index (κ1) is 29.8. The second-order valence-electron chi connectivity index (χ2n) is 8.75. The van der Waals surface area contributed by atoms with Gasteiger partial charge in [0.1, 0.15) is 13.1 Å². The minimum absolute atomic E-state index is 0.0745. The number of alkyl halides is 9. The van der Waals surface area contributed by atoms with Crippen molar-refractivity contribution in [1.29, 1.82) is 0 Å². The molecule has 1 aliphatic rings. The number of halogens is 9. The second-order valence-corrected chi connectivity index (χ2v) is 8.75. The molecule has 1 aromatic heterocycles. The molecule has 0 spiro atoms. The number of hydrogen-bond acceptors (Lipinski definition) is 5. The zero-order chi connectivity index (χ0) is 29.6. The summed E-state index contributed by atoms with van der Waals surface area (Å²) in [5.41, 5.74) is -5.36. The van der Waals surface area contributed by atoms with Gasteiger partial charge in [0.25, 0.3) is 5.60 Å². The van der Waals surface area contributed by atoms with Gasteiger partial charge in [0.05, 0.1) is 17.8 Å². The molecule has 2 heterocycles. The van der Waals surface area contributed by atoms with Crippen molar-refractivity contribution < 1.29 is 53.9 Å². The van der Waals surface area contributed by atoms with Gasteiger partial charge in [0, 0.05) is 18.3 Å². The quantitative estimate of drug-likeness (QED) is 0.396. The summed E-state index contributed by atoms with van der Waals surface area (Å²) in [6.45, 7) is 0.474. The predicted molar refractivity (Wildman–Crippen MR) is 117 cm³/mol. The van der Waals surface area contributed by atoms with Gasteiger partial charge < -0.3 is 15.1 Å². The van der Waals surface area contributed by atoms with Crippen LogP contribution < -0.4 is 10.2 Å². The molecule has 0 bridgehead atoms. The van der Waals surface area contributed by atoms with Crippen molar-refractivity contribution >= 4 is 23.7 Å². The Kier molecular flexibility index (Phi) is 7.68. The molecule has 1 unspecified atom stereocenters. The average Bonchev–Trinajstić information content (AvgIpc) is 3.40. The lowest BCUT2D eigenvalue weighted by Gasteiger charge is -2.29. The maximum Gasteiger partial charge on any atom is 0.437 e. The van der Waals surface area contributed by atoms with Crippen LogP contribution >= 0.6 is 0 Å². The summed E-state index contributed by atoms with van der Waals surface area (Å²) < 4.78 is 119. The summed E-state index contributed by atoms with van der Waals surface area (Å²) in [7, 11) is 0.904. The highest BCUT2D eigenvalue weighted by Gasteiger charge is 2.64. The van der Waals surface area contributed by atoms with Crippen molar-refractivity contribution in [2.24, 2.45) is 12.2 Å². The fourth-order valence-electron chi connectivity index (χ4n) is 4.16. The van der Waals surface area contributed by atoms with Crippen LogP contribution in [0.15, 0.2) is 23.4 Å². The third-order valence-electron chi connectivity index (χ3n) is 5.81. The number of carbonyl (C=O) groups excluding carboxylic acids is 2. The second kappa shape index (κ2) is 10.1. The smallest absolute Gasteiger partial charge is 0.372 e. The molecule has 0 radical (unpaired) electrons. The van der Waals surface area contributed by atoms with Gasteiger partial charge in [-0.15, -0.1) is 0 Å². The summed E-state index contributed by atoms with van der Waals surface area (Å²) >= 11 is 0. The number of aryl methyl sites for hydroxylation is 3. The number of anilines is 1. The van der Waals surface area contributed by atoms with E-state index in [0.717, 1.165) is 11.9 Å². The first-order valence-corrected chi connectivity index (χ1v) is 10.9. The van der Waals surface area contributed by atoms with Gasteiger partial charge in [-0.1, -0.05) is 5.16 Å². The van der Waals surface area contributed by atoms with E-state index in [0.29, 0.717) is 4.68 Å². The summed E-state index contributed by atoms with van der Waals surface area (Å²) in [4.78, 5) is 29.1. The van der Waals surface area contributed by atoms with Gasteiger partial charge in [-0.2, -0.15) is 44.6 Å². The van der Waals surface area contributed by atoms with Crippen LogP contribution in [0, 0.1) is 13.8 Å². The first-order chi connectivity index (χ1) is 17.8. The normalized spacial score (nSPS) is 18.0. The van der Waals surface area contributed by atoms with E-state index in [-0.39, 0.29) is 40.6 Å². The third kappa shape index (κ3) is 6.11. The molecular weight excluding hydrogens is 553 g/mol. The fourth-order valence-corrected chi connectivity index (χ4v) is 4.16. The van der Waals surface area contributed by atoms with Crippen LogP contribution in [0.1, 0.15) is 34.5 Å². The van der Waals surface area contributed by atoms with Gasteiger partial charge in [-0.05, 0) is 43.2 Å². The van der Waals surface area contributed by atoms with Crippen molar-refractivity contribution in [2.75, 3.05) is 18.0 Å². The lowest BCUT2D eigenvalue weighted by molar-refractivity contribution is -0.278. The number of nitrogens with one attached hydrogen (secondary N) is 1. The monoisotopic (exact) mass is 573 g/mol. The van der Waals surface area contributed by atoms with Crippen molar-refractivity contribution in [2.45, 2.75) is 44.4 Å². The van der Waals surface area contributed by atoms with Gasteiger partial charge >= 0.3 is 18.5 Å². The number of hydrogen-bond donors (Lipinski definition) is 1. The molecule has 214 valence electrons. The molecule has 0 saturated heterocycles. The molecule has 1 aromatic carbocycles. The van der Waals surface area contributed by atoms with E-state index in [1.807, 2.05) is 0 Å². The number of nitrogens with zero attached hydrogens (tertiary/aromatic N) is 4. The van der Waals surface area contributed by atoms with Crippen molar-refractivity contribution in [3.63, 3.8) is 0 Å². The van der Waals surface area contributed by atoms with E-state index in [1.165, 1.54) is 26.0 Å². The molecule has 0 aliphatic carbocycles. The Balaban J connectivity index is 1.92. The van der Waals surface area contributed by atoms with Crippen LogP contribution in [0.2, 0.25) is 0 Å². The van der Waals surface area contributed by atoms with Crippen LogP contribution in [0.3, 0.4) is 0 Å². The zero-order valence-electron chi connectivity index (χ0n) is 20.3. The minimum Gasteiger partial charge on any atom is -0.372 e. The first-order valence-electron chi connectivity index (χ1n) is 10.9. The molecule has 17 heteroatoms. The van der Waals surface area contributed by atoms with Crippen molar-refractivity contribution in [3.8, 4) is 0 Å². The number of oxime groups is 1. The van der Waals surface area contributed by atoms with E-state index in [2.05, 4.69) is 10.3 Å². The van der Waals surface area contributed by atoms with E-state index in [9.17, 15) is 49.1 Å². The lowest BCUT2D eigenvalue weighted by atomic mass is 9.89. The van der Waals surface area contributed by atoms with E-state index in [4.69, 9.17) is 4.84 Å².